The van der Waals surface area contributed by atoms with Gasteiger partial charge in [0.1, 0.15) is 12.1 Å². The number of halogens is 1. The van der Waals surface area contributed by atoms with Crippen molar-refractivity contribution in [2.24, 2.45) is 7.05 Å². The number of rotatable bonds is 4. The first kappa shape index (κ1) is 18.1. The second kappa shape index (κ2) is 7.16. The second-order valence-electron chi connectivity index (χ2n) is 6.84. The lowest BCUT2D eigenvalue weighted by atomic mass is 9.97. The number of hydrogen-bond acceptors (Lipinski definition) is 6. The molecule has 0 atom stereocenters. The minimum absolute atomic E-state index is 0.164. The monoisotopic (exact) mass is 401 g/mol. The van der Waals surface area contributed by atoms with Crippen molar-refractivity contribution in [3.05, 3.63) is 72.4 Å². The molecule has 3 heterocycles. The molecule has 5 aromatic rings. The van der Waals surface area contributed by atoms with Crippen molar-refractivity contribution in [2.75, 3.05) is 0 Å². The summed E-state index contributed by atoms with van der Waals surface area (Å²) in [6.07, 6.45) is 1.58. The standard InChI is InChI=1S/C22H16FN5O2/c1-28-12-24-27-21(28)18-10-15(23)5-7-17(18)13-3-2-4-14(9-13)22-26-20-19(30-22)8-6-16(11-29)25-20/h2-10,12,29H,11H2,1H3. The van der Waals surface area contributed by atoms with E-state index in [0.717, 1.165) is 16.7 Å². The minimum atomic E-state index is -0.349. The molecule has 8 heteroatoms. The number of aromatic nitrogens is 5. The maximum atomic E-state index is 14.0. The van der Waals surface area contributed by atoms with Gasteiger partial charge in [-0.3, -0.25) is 0 Å². The predicted molar refractivity (Wildman–Crippen MR) is 109 cm³/mol. The third kappa shape index (κ3) is 3.13. The van der Waals surface area contributed by atoms with Crippen LogP contribution in [-0.4, -0.2) is 29.8 Å². The van der Waals surface area contributed by atoms with Gasteiger partial charge in [-0.2, -0.15) is 4.98 Å². The van der Waals surface area contributed by atoms with Crippen LogP contribution in [0, 0.1) is 5.82 Å². The Balaban J connectivity index is 1.62. The Morgan fingerprint density at radius 1 is 1.00 bits per heavy atom. The zero-order valence-electron chi connectivity index (χ0n) is 16.0. The van der Waals surface area contributed by atoms with Crippen LogP contribution in [0.15, 0.2) is 65.3 Å². The molecule has 0 aliphatic carbocycles. The molecule has 5 rings (SSSR count). The molecule has 0 radical (unpaired) electrons. The third-order valence-corrected chi connectivity index (χ3v) is 4.83. The summed E-state index contributed by atoms with van der Waals surface area (Å²) in [5.74, 6) is 0.631. The summed E-state index contributed by atoms with van der Waals surface area (Å²) >= 11 is 0. The fourth-order valence-corrected chi connectivity index (χ4v) is 3.37. The maximum absolute atomic E-state index is 14.0. The predicted octanol–water partition coefficient (Wildman–Crippen LogP) is 3.98. The number of oxazole rings is 1. The molecular formula is C22H16FN5O2. The zero-order chi connectivity index (χ0) is 20.7. The van der Waals surface area contributed by atoms with Gasteiger partial charge in [-0.05, 0) is 47.5 Å². The summed E-state index contributed by atoms with van der Waals surface area (Å²) < 4.78 is 21.6. The molecule has 2 aromatic carbocycles. The van der Waals surface area contributed by atoms with E-state index in [1.165, 1.54) is 12.1 Å². The first-order valence-electron chi connectivity index (χ1n) is 9.24. The highest BCUT2D eigenvalue weighted by molar-refractivity contribution is 5.83. The van der Waals surface area contributed by atoms with E-state index in [1.807, 2.05) is 31.3 Å². The van der Waals surface area contributed by atoms with E-state index in [1.54, 1.807) is 29.1 Å². The van der Waals surface area contributed by atoms with Crippen molar-refractivity contribution in [3.8, 4) is 34.0 Å². The quantitative estimate of drug-likeness (QED) is 0.490. The summed E-state index contributed by atoms with van der Waals surface area (Å²) in [6.45, 7) is -0.164. The van der Waals surface area contributed by atoms with E-state index >= 15 is 0 Å². The molecule has 3 aromatic heterocycles. The number of hydrogen-bond donors (Lipinski definition) is 1. The van der Waals surface area contributed by atoms with E-state index in [0.29, 0.717) is 34.2 Å². The number of nitrogens with zero attached hydrogens (tertiary/aromatic N) is 5. The van der Waals surface area contributed by atoms with Gasteiger partial charge in [0.05, 0.1) is 12.3 Å². The third-order valence-electron chi connectivity index (χ3n) is 4.83. The fourth-order valence-electron chi connectivity index (χ4n) is 3.37. The Morgan fingerprint density at radius 2 is 1.87 bits per heavy atom. The van der Waals surface area contributed by atoms with E-state index in [2.05, 4.69) is 20.2 Å². The molecule has 0 aliphatic heterocycles. The van der Waals surface area contributed by atoms with Gasteiger partial charge in [0, 0.05) is 18.2 Å². The van der Waals surface area contributed by atoms with Gasteiger partial charge in [-0.1, -0.05) is 18.2 Å². The highest BCUT2D eigenvalue weighted by Gasteiger charge is 2.15. The van der Waals surface area contributed by atoms with Crippen LogP contribution in [0.4, 0.5) is 4.39 Å². The largest absolute Gasteiger partial charge is 0.434 e. The van der Waals surface area contributed by atoms with Gasteiger partial charge in [0.2, 0.25) is 5.89 Å². The lowest BCUT2D eigenvalue weighted by Gasteiger charge is -2.10. The molecule has 0 saturated carbocycles. The van der Waals surface area contributed by atoms with Crippen LogP contribution < -0.4 is 0 Å². The molecule has 0 bridgehead atoms. The number of benzene rings is 2. The lowest BCUT2D eigenvalue weighted by molar-refractivity contribution is 0.277. The zero-order valence-corrected chi connectivity index (χ0v) is 16.0. The van der Waals surface area contributed by atoms with Crippen molar-refractivity contribution in [2.45, 2.75) is 6.61 Å². The summed E-state index contributed by atoms with van der Waals surface area (Å²) in [5.41, 5.74) is 4.56. The average Bonchev–Trinajstić information content (AvgIpc) is 3.39. The van der Waals surface area contributed by atoms with Gasteiger partial charge in [0.25, 0.3) is 0 Å². The molecular weight excluding hydrogens is 385 g/mol. The molecule has 0 fully saturated rings. The Bertz CT molecular complexity index is 1380. The molecule has 0 unspecified atom stereocenters. The Morgan fingerprint density at radius 3 is 2.67 bits per heavy atom. The first-order chi connectivity index (χ1) is 14.6. The Kier molecular flexibility index (Phi) is 4.33. The molecule has 1 N–H and O–H groups in total. The van der Waals surface area contributed by atoms with E-state index in [9.17, 15) is 9.50 Å². The topological polar surface area (TPSA) is 89.9 Å². The van der Waals surface area contributed by atoms with Crippen LogP contribution in [0.25, 0.3) is 45.2 Å². The molecule has 148 valence electrons. The summed E-state index contributed by atoms with van der Waals surface area (Å²) in [5, 5.41) is 17.3. The van der Waals surface area contributed by atoms with Gasteiger partial charge in [-0.25, -0.2) is 9.37 Å². The van der Waals surface area contributed by atoms with Gasteiger partial charge in [-0.15, -0.1) is 10.2 Å². The average molecular weight is 401 g/mol. The van der Waals surface area contributed by atoms with Gasteiger partial charge >= 0.3 is 0 Å². The van der Waals surface area contributed by atoms with Crippen molar-refractivity contribution >= 4 is 11.2 Å². The molecule has 30 heavy (non-hydrogen) atoms. The van der Waals surface area contributed by atoms with E-state index < -0.39 is 0 Å². The smallest absolute Gasteiger partial charge is 0.228 e. The maximum Gasteiger partial charge on any atom is 0.228 e. The van der Waals surface area contributed by atoms with Crippen molar-refractivity contribution < 1.29 is 13.9 Å². The van der Waals surface area contributed by atoms with E-state index in [4.69, 9.17) is 4.42 Å². The van der Waals surface area contributed by atoms with Crippen LogP contribution in [-0.2, 0) is 13.7 Å². The van der Waals surface area contributed by atoms with Crippen LogP contribution in [0.1, 0.15) is 5.69 Å². The summed E-state index contributed by atoms with van der Waals surface area (Å²) in [7, 11) is 1.81. The number of fused-ring (bicyclic) bond motifs is 1. The fraction of sp³-hybridized carbons (Fsp3) is 0.0909. The van der Waals surface area contributed by atoms with Gasteiger partial charge in [0.15, 0.2) is 17.1 Å². The second-order valence-corrected chi connectivity index (χ2v) is 6.84. The number of aliphatic hydroxyl groups is 1. The van der Waals surface area contributed by atoms with Crippen LogP contribution in [0.3, 0.4) is 0 Å². The molecule has 0 aliphatic rings. The number of aryl methyl sites for hydroxylation is 1. The SMILES string of the molecule is Cn1cnnc1-c1cc(F)ccc1-c1cccc(-c2nc3nc(CO)ccc3o2)c1. The first-order valence-corrected chi connectivity index (χ1v) is 9.24. The summed E-state index contributed by atoms with van der Waals surface area (Å²) in [4.78, 5) is 8.72. The van der Waals surface area contributed by atoms with Crippen molar-refractivity contribution in [1.29, 1.82) is 0 Å². The molecule has 0 spiro atoms. The van der Waals surface area contributed by atoms with Crippen molar-refractivity contribution in [1.82, 2.24) is 24.7 Å². The number of pyridine rings is 1. The van der Waals surface area contributed by atoms with Crippen LogP contribution >= 0.6 is 0 Å². The highest BCUT2D eigenvalue weighted by Crippen LogP contribution is 2.34. The Labute approximate surface area is 170 Å². The number of aliphatic hydroxyl groups excluding tert-OH is 1. The normalized spacial score (nSPS) is 11.3. The lowest BCUT2D eigenvalue weighted by Crippen LogP contribution is -1.95. The van der Waals surface area contributed by atoms with Crippen LogP contribution in [0.5, 0.6) is 0 Å². The van der Waals surface area contributed by atoms with Gasteiger partial charge < -0.3 is 14.1 Å². The van der Waals surface area contributed by atoms with Crippen molar-refractivity contribution in [3.63, 3.8) is 0 Å². The summed E-state index contributed by atoms with van der Waals surface area (Å²) in [6, 6.07) is 15.6. The minimum Gasteiger partial charge on any atom is -0.434 e. The highest BCUT2D eigenvalue weighted by atomic mass is 19.1. The molecule has 7 nitrogen and oxygen atoms in total. The van der Waals surface area contributed by atoms with Crippen LogP contribution in [0.2, 0.25) is 0 Å². The van der Waals surface area contributed by atoms with E-state index in [-0.39, 0.29) is 12.4 Å². The Hall–Kier alpha value is -3.91. The molecule has 0 amide bonds. The molecule has 0 saturated heterocycles.